The third kappa shape index (κ3) is 2.15. The summed E-state index contributed by atoms with van der Waals surface area (Å²) in [7, 11) is 1.74. The molecule has 8 heteroatoms. The molecule has 0 aliphatic heterocycles. The lowest BCUT2D eigenvalue weighted by molar-refractivity contribution is 0.0702. The molecule has 0 radical (unpaired) electrons. The third-order valence-electron chi connectivity index (χ3n) is 1.65. The van der Waals surface area contributed by atoms with E-state index in [0.717, 1.165) is 11.3 Å². The fourth-order valence-electron chi connectivity index (χ4n) is 1.01. The third-order valence-corrected chi connectivity index (χ3v) is 2.95. The van der Waals surface area contributed by atoms with E-state index in [0.29, 0.717) is 5.75 Å². The molecule has 2 aromatic heterocycles. The molecule has 1 N–H and O–H groups in total. The summed E-state index contributed by atoms with van der Waals surface area (Å²) in [6.45, 7) is 0. The van der Waals surface area contributed by atoms with Gasteiger partial charge >= 0.3 is 5.97 Å². The summed E-state index contributed by atoms with van der Waals surface area (Å²) >= 11 is 6.50. The Morgan fingerprint density at radius 1 is 1.69 bits per heavy atom. The molecular weight excluding hydrogens is 254 g/mol. The summed E-state index contributed by atoms with van der Waals surface area (Å²) in [5.74, 6) is -0.645. The van der Waals surface area contributed by atoms with Gasteiger partial charge in [-0.3, -0.25) is 4.68 Å². The predicted octanol–water partition coefficient (Wildman–Crippen LogP) is 2.02. The molecule has 2 heterocycles. The number of carboxylic acid groups (broad SMARTS) is 1. The van der Waals surface area contributed by atoms with Crippen LogP contribution in [0.25, 0.3) is 0 Å². The zero-order valence-electron chi connectivity index (χ0n) is 8.05. The zero-order valence-corrected chi connectivity index (χ0v) is 9.62. The Hall–Kier alpha value is -1.60. The van der Waals surface area contributed by atoms with Crippen molar-refractivity contribution in [1.29, 1.82) is 0 Å². The fraction of sp³-hybridized carbons (Fsp3) is 0.125. The highest BCUT2D eigenvalue weighted by Gasteiger charge is 2.17. The van der Waals surface area contributed by atoms with Gasteiger partial charge in [0.05, 0.1) is 12.4 Å². The van der Waals surface area contributed by atoms with E-state index in [4.69, 9.17) is 21.4 Å². The van der Waals surface area contributed by atoms with Crippen LogP contribution in [0.1, 0.15) is 9.67 Å². The summed E-state index contributed by atoms with van der Waals surface area (Å²) in [5.41, 5.74) is 0. The molecule has 0 unspecified atom stereocenters. The van der Waals surface area contributed by atoms with E-state index >= 15 is 0 Å². The van der Waals surface area contributed by atoms with Crippen LogP contribution in [-0.2, 0) is 7.05 Å². The van der Waals surface area contributed by atoms with Gasteiger partial charge in [-0.1, -0.05) is 22.9 Å². The SMILES string of the molecule is Cn1cc(Oc2nc(Cl)c(C(=O)O)s2)cn1. The van der Waals surface area contributed by atoms with Crippen molar-refractivity contribution in [3.05, 3.63) is 22.4 Å². The molecule has 6 nitrogen and oxygen atoms in total. The average Bonchev–Trinajstić information content (AvgIpc) is 2.73. The Morgan fingerprint density at radius 3 is 2.94 bits per heavy atom. The van der Waals surface area contributed by atoms with Crippen LogP contribution in [0, 0.1) is 0 Å². The summed E-state index contributed by atoms with van der Waals surface area (Å²) in [4.78, 5) is 14.4. The molecular formula is C8H6ClN3O3S. The van der Waals surface area contributed by atoms with Crippen molar-refractivity contribution >= 4 is 28.9 Å². The van der Waals surface area contributed by atoms with Gasteiger partial charge in [-0.15, -0.1) is 0 Å². The normalized spacial score (nSPS) is 10.4. The molecule has 0 spiro atoms. The highest BCUT2D eigenvalue weighted by atomic mass is 35.5. The van der Waals surface area contributed by atoms with Crippen LogP contribution in [0.4, 0.5) is 0 Å². The minimum absolute atomic E-state index is 0.0412. The smallest absolute Gasteiger partial charge is 0.349 e. The maximum atomic E-state index is 10.7. The molecule has 0 atom stereocenters. The molecule has 0 saturated carbocycles. The van der Waals surface area contributed by atoms with Gasteiger partial charge in [0.15, 0.2) is 15.8 Å². The average molecular weight is 260 g/mol. The lowest BCUT2D eigenvalue weighted by Gasteiger charge is -1.94. The molecule has 2 aromatic rings. The van der Waals surface area contributed by atoms with Crippen molar-refractivity contribution < 1.29 is 14.6 Å². The topological polar surface area (TPSA) is 77.2 Å². The van der Waals surface area contributed by atoms with Crippen LogP contribution in [0.2, 0.25) is 5.15 Å². The van der Waals surface area contributed by atoms with Crippen molar-refractivity contribution in [2.75, 3.05) is 0 Å². The lowest BCUT2D eigenvalue weighted by atomic mass is 10.6. The number of ether oxygens (including phenoxy) is 1. The van der Waals surface area contributed by atoms with Crippen molar-refractivity contribution in [2.24, 2.45) is 7.05 Å². The van der Waals surface area contributed by atoms with Crippen LogP contribution in [0.5, 0.6) is 10.9 Å². The van der Waals surface area contributed by atoms with Crippen molar-refractivity contribution in [1.82, 2.24) is 14.8 Å². The van der Waals surface area contributed by atoms with E-state index in [2.05, 4.69) is 10.1 Å². The first-order chi connectivity index (χ1) is 7.56. The number of carboxylic acids is 1. The Labute approximate surface area is 99.1 Å². The number of hydrogen-bond acceptors (Lipinski definition) is 5. The van der Waals surface area contributed by atoms with Crippen molar-refractivity contribution in [3.63, 3.8) is 0 Å². The van der Waals surface area contributed by atoms with E-state index < -0.39 is 5.97 Å². The highest BCUT2D eigenvalue weighted by Crippen LogP contribution is 2.31. The molecule has 16 heavy (non-hydrogen) atoms. The van der Waals surface area contributed by atoms with Gasteiger partial charge in [0.2, 0.25) is 0 Å². The summed E-state index contributed by atoms with van der Waals surface area (Å²) in [6.07, 6.45) is 3.13. The molecule has 0 saturated heterocycles. The van der Waals surface area contributed by atoms with Crippen molar-refractivity contribution in [2.45, 2.75) is 0 Å². The van der Waals surface area contributed by atoms with Gasteiger partial charge in [0.1, 0.15) is 0 Å². The Morgan fingerprint density at radius 2 is 2.44 bits per heavy atom. The maximum absolute atomic E-state index is 10.7. The first-order valence-corrected chi connectivity index (χ1v) is 5.32. The molecule has 84 valence electrons. The molecule has 0 bridgehead atoms. The standard InChI is InChI=1S/C8H6ClN3O3S/c1-12-3-4(2-10-12)15-8-11-6(9)5(16-8)7(13)14/h2-3H,1H3,(H,13,14). The predicted molar refractivity (Wildman–Crippen MR) is 57.4 cm³/mol. The molecule has 0 aliphatic rings. The van der Waals surface area contributed by atoms with Gasteiger partial charge in [-0.25, -0.2) is 4.79 Å². The van der Waals surface area contributed by atoms with E-state index in [1.807, 2.05) is 0 Å². The number of thiazole rings is 1. The second kappa shape index (κ2) is 4.11. The minimum atomic E-state index is -1.12. The van der Waals surface area contributed by atoms with Gasteiger partial charge in [-0.05, 0) is 0 Å². The summed E-state index contributed by atoms with van der Waals surface area (Å²) in [6, 6.07) is 0. The van der Waals surface area contributed by atoms with Gasteiger partial charge in [-0.2, -0.15) is 10.1 Å². The Bertz CT molecular complexity index is 536. The largest absolute Gasteiger partial charge is 0.477 e. The highest BCUT2D eigenvalue weighted by molar-refractivity contribution is 7.15. The quantitative estimate of drug-likeness (QED) is 0.912. The number of hydrogen-bond donors (Lipinski definition) is 1. The fourth-order valence-corrected chi connectivity index (χ4v) is 2.00. The van der Waals surface area contributed by atoms with E-state index in [-0.39, 0.29) is 15.2 Å². The first kappa shape index (κ1) is 10.9. The molecule has 0 fully saturated rings. The molecule has 0 amide bonds. The zero-order chi connectivity index (χ0) is 11.7. The molecule has 0 aromatic carbocycles. The first-order valence-electron chi connectivity index (χ1n) is 4.12. The van der Waals surface area contributed by atoms with Gasteiger partial charge in [0.25, 0.3) is 5.19 Å². The second-order valence-corrected chi connectivity index (χ2v) is 4.18. The van der Waals surface area contributed by atoms with E-state index in [1.165, 1.54) is 6.20 Å². The number of aromatic nitrogens is 3. The minimum Gasteiger partial charge on any atom is -0.477 e. The number of aromatic carboxylic acids is 1. The number of rotatable bonds is 3. The van der Waals surface area contributed by atoms with E-state index in [1.54, 1.807) is 17.9 Å². The maximum Gasteiger partial charge on any atom is 0.349 e. The van der Waals surface area contributed by atoms with Crippen LogP contribution >= 0.6 is 22.9 Å². The van der Waals surface area contributed by atoms with Crippen LogP contribution in [0.15, 0.2) is 12.4 Å². The van der Waals surface area contributed by atoms with E-state index in [9.17, 15) is 4.79 Å². The monoisotopic (exact) mass is 259 g/mol. The Balaban J connectivity index is 2.22. The van der Waals surface area contributed by atoms with Crippen LogP contribution < -0.4 is 4.74 Å². The second-order valence-electron chi connectivity index (χ2n) is 2.86. The lowest BCUT2D eigenvalue weighted by Crippen LogP contribution is -1.91. The number of aryl methyl sites for hydroxylation is 1. The Kier molecular flexibility index (Phi) is 2.80. The van der Waals surface area contributed by atoms with Gasteiger partial charge < -0.3 is 9.84 Å². The molecule has 0 aliphatic carbocycles. The summed E-state index contributed by atoms with van der Waals surface area (Å²) < 4.78 is 6.85. The van der Waals surface area contributed by atoms with Gasteiger partial charge in [0, 0.05) is 7.05 Å². The summed E-state index contributed by atoms with van der Waals surface area (Å²) in [5, 5.41) is 12.8. The van der Waals surface area contributed by atoms with Crippen molar-refractivity contribution in [3.8, 4) is 10.9 Å². The van der Waals surface area contributed by atoms with Crippen LogP contribution in [0.3, 0.4) is 0 Å². The number of halogens is 1. The number of nitrogens with zero attached hydrogens (tertiary/aromatic N) is 3. The molecule has 2 rings (SSSR count). The van der Waals surface area contributed by atoms with Crippen LogP contribution in [-0.4, -0.2) is 25.8 Å². The number of carbonyl (C=O) groups is 1.